The van der Waals surface area contributed by atoms with Crippen LogP contribution in [0.1, 0.15) is 32.1 Å². The van der Waals surface area contributed by atoms with Crippen LogP contribution in [-0.4, -0.2) is 24.7 Å². The Labute approximate surface area is 138 Å². The maximum Gasteiger partial charge on any atom is 0.404 e. The molecule has 0 spiro atoms. The van der Waals surface area contributed by atoms with Crippen LogP contribution in [0.25, 0.3) is 0 Å². The van der Waals surface area contributed by atoms with E-state index in [-0.39, 0.29) is 6.42 Å². The molecule has 4 saturated carbocycles. The van der Waals surface area contributed by atoms with E-state index in [0.717, 1.165) is 0 Å². The highest BCUT2D eigenvalue weighted by Crippen LogP contribution is 2.86. The van der Waals surface area contributed by atoms with Crippen LogP contribution in [0.3, 0.4) is 0 Å². The first kappa shape index (κ1) is 19.9. The fourth-order valence-electron chi connectivity index (χ4n) is 6.29. The van der Waals surface area contributed by atoms with Crippen molar-refractivity contribution < 1.29 is 52.7 Å². The summed E-state index contributed by atoms with van der Waals surface area (Å²) >= 11 is 0. The van der Waals surface area contributed by atoms with Gasteiger partial charge in [-0.1, -0.05) is 0 Å². The Bertz CT molecular complexity index is 525. The number of hydrogen-bond donors (Lipinski definition) is 0. The lowest BCUT2D eigenvalue weighted by molar-refractivity contribution is -0.517. The first-order valence-corrected chi connectivity index (χ1v) is 7.63. The summed E-state index contributed by atoms with van der Waals surface area (Å²) in [6.45, 7) is 0. The fraction of sp³-hybridized carbons (Fsp3) is 1.00. The monoisotopic (exact) mass is 408 g/mol. The molecular weight excluding hydrogens is 396 g/mol. The predicted octanol–water partition coefficient (Wildman–Crippen LogP) is 6.42. The lowest BCUT2D eigenvalue weighted by atomic mass is 9.32. The average Bonchev–Trinajstić information content (AvgIpc) is 2.30. The van der Waals surface area contributed by atoms with E-state index in [1.165, 1.54) is 0 Å². The molecule has 0 aromatic rings. The van der Waals surface area contributed by atoms with Crippen LogP contribution in [-0.2, 0) is 0 Å². The normalized spacial score (nSPS) is 40.2. The SMILES string of the molecule is FC(F)(F)C12CC3CC(C1)CC(C(F)(F)F)(C3)C2(C(F)(F)F)C(F)(F)F. The van der Waals surface area contributed by atoms with Crippen LogP contribution >= 0.6 is 0 Å². The van der Waals surface area contributed by atoms with E-state index in [4.69, 9.17) is 0 Å². The molecule has 0 atom stereocenters. The van der Waals surface area contributed by atoms with Gasteiger partial charge in [0.1, 0.15) is 0 Å². The zero-order chi connectivity index (χ0) is 20.2. The molecular formula is C14H12F12. The van der Waals surface area contributed by atoms with E-state index in [0.29, 0.717) is 0 Å². The minimum Gasteiger partial charge on any atom is -0.170 e. The molecule has 0 saturated heterocycles. The van der Waals surface area contributed by atoms with Crippen molar-refractivity contribution in [2.45, 2.75) is 56.8 Å². The van der Waals surface area contributed by atoms with Crippen molar-refractivity contribution in [2.24, 2.45) is 28.1 Å². The molecule has 0 N–H and O–H groups in total. The number of halogens is 12. The van der Waals surface area contributed by atoms with E-state index < -0.39 is 78.5 Å². The van der Waals surface area contributed by atoms with Gasteiger partial charge in [-0.2, -0.15) is 52.7 Å². The minimum atomic E-state index is -6.77. The molecule has 0 heterocycles. The van der Waals surface area contributed by atoms with Gasteiger partial charge >= 0.3 is 24.7 Å². The molecule has 12 heteroatoms. The summed E-state index contributed by atoms with van der Waals surface area (Å²) in [7, 11) is 0. The van der Waals surface area contributed by atoms with Crippen LogP contribution in [0.2, 0.25) is 0 Å². The van der Waals surface area contributed by atoms with Crippen LogP contribution in [0.4, 0.5) is 52.7 Å². The first-order chi connectivity index (χ1) is 11.4. The summed E-state index contributed by atoms with van der Waals surface area (Å²) in [4.78, 5) is 0. The summed E-state index contributed by atoms with van der Waals surface area (Å²) in [5, 5.41) is 0. The van der Waals surface area contributed by atoms with Crippen molar-refractivity contribution in [1.82, 2.24) is 0 Å². The zero-order valence-electron chi connectivity index (χ0n) is 12.7. The van der Waals surface area contributed by atoms with E-state index >= 15 is 0 Å². The van der Waals surface area contributed by atoms with Crippen LogP contribution in [0, 0.1) is 28.1 Å². The summed E-state index contributed by atoms with van der Waals surface area (Å²) in [6.07, 6.45) is -32.3. The summed E-state index contributed by atoms with van der Waals surface area (Å²) in [6, 6.07) is 0. The predicted molar refractivity (Wildman–Crippen MR) is 61.6 cm³/mol. The maximum absolute atomic E-state index is 13.8. The maximum atomic E-state index is 13.8. The molecule has 0 radical (unpaired) electrons. The minimum absolute atomic E-state index is 0.221. The van der Waals surface area contributed by atoms with Gasteiger partial charge in [0.05, 0.1) is 10.8 Å². The molecule has 4 aliphatic rings. The van der Waals surface area contributed by atoms with E-state index in [2.05, 4.69) is 0 Å². The van der Waals surface area contributed by atoms with Gasteiger partial charge in [-0.25, -0.2) is 0 Å². The molecule has 0 amide bonds. The second kappa shape index (κ2) is 4.76. The molecule has 0 aromatic heterocycles. The lowest BCUT2D eigenvalue weighted by Crippen LogP contribution is -2.81. The van der Waals surface area contributed by atoms with Gasteiger partial charge in [0.25, 0.3) is 0 Å². The highest BCUT2D eigenvalue weighted by atomic mass is 19.4. The molecule has 4 bridgehead atoms. The van der Waals surface area contributed by atoms with Crippen LogP contribution < -0.4 is 0 Å². The van der Waals surface area contributed by atoms with Crippen LogP contribution in [0.5, 0.6) is 0 Å². The Morgan fingerprint density at radius 2 is 0.731 bits per heavy atom. The molecule has 26 heavy (non-hydrogen) atoms. The Kier molecular flexibility index (Phi) is 3.65. The van der Waals surface area contributed by atoms with Crippen LogP contribution in [0.15, 0.2) is 0 Å². The molecule has 0 nitrogen and oxygen atoms in total. The third kappa shape index (κ3) is 1.91. The van der Waals surface area contributed by atoms with Gasteiger partial charge in [-0.3, -0.25) is 0 Å². The topological polar surface area (TPSA) is 0 Å². The Morgan fingerprint density at radius 1 is 0.462 bits per heavy atom. The third-order valence-electron chi connectivity index (χ3n) is 6.59. The second-order valence-corrected chi connectivity index (χ2v) is 7.69. The van der Waals surface area contributed by atoms with E-state index in [1.54, 1.807) is 0 Å². The average molecular weight is 408 g/mol. The molecule has 0 aromatic carbocycles. The molecule has 0 aliphatic heterocycles. The quantitative estimate of drug-likeness (QED) is 0.406. The highest BCUT2D eigenvalue weighted by Gasteiger charge is 2.98. The number of alkyl halides is 12. The molecule has 4 rings (SSSR count). The fourth-order valence-corrected chi connectivity index (χ4v) is 6.29. The zero-order valence-corrected chi connectivity index (χ0v) is 12.7. The standard InChI is InChI=1S/C14H12F12/c15-11(16,17)8-2-6-1-7(4-8)5-9(3-6,12(18,19)20)10(8,13(21,22)23)14(24,25)26/h6-7H,1-5H2. The third-order valence-corrected chi connectivity index (χ3v) is 6.59. The van der Waals surface area contributed by atoms with Gasteiger partial charge in [-0.05, 0) is 43.9 Å². The van der Waals surface area contributed by atoms with Crippen molar-refractivity contribution in [1.29, 1.82) is 0 Å². The molecule has 4 fully saturated rings. The summed E-state index contributed by atoms with van der Waals surface area (Å²) < 4.78 is 165. The number of hydrogen-bond acceptors (Lipinski definition) is 0. The lowest BCUT2D eigenvalue weighted by Gasteiger charge is -2.71. The Balaban J connectivity index is 2.49. The Morgan fingerprint density at radius 3 is 0.923 bits per heavy atom. The van der Waals surface area contributed by atoms with Crippen molar-refractivity contribution in [2.75, 3.05) is 0 Å². The molecule has 4 aliphatic carbocycles. The van der Waals surface area contributed by atoms with Gasteiger partial charge in [0, 0.05) is 0 Å². The van der Waals surface area contributed by atoms with Gasteiger partial charge in [0.2, 0.25) is 0 Å². The highest BCUT2D eigenvalue weighted by molar-refractivity contribution is 5.27. The van der Waals surface area contributed by atoms with E-state index in [9.17, 15) is 52.7 Å². The van der Waals surface area contributed by atoms with Crippen molar-refractivity contribution in [3.05, 3.63) is 0 Å². The first-order valence-electron chi connectivity index (χ1n) is 7.63. The Hall–Kier alpha value is -0.840. The van der Waals surface area contributed by atoms with Crippen molar-refractivity contribution in [3.8, 4) is 0 Å². The molecule has 0 unspecified atom stereocenters. The largest absolute Gasteiger partial charge is 0.404 e. The van der Waals surface area contributed by atoms with Gasteiger partial charge in [0.15, 0.2) is 5.41 Å². The van der Waals surface area contributed by atoms with Gasteiger partial charge < -0.3 is 0 Å². The smallest absolute Gasteiger partial charge is 0.170 e. The molecule has 152 valence electrons. The van der Waals surface area contributed by atoms with Crippen molar-refractivity contribution >= 4 is 0 Å². The summed E-state index contributed by atoms with van der Waals surface area (Å²) in [5.41, 5.74) is -15.0. The van der Waals surface area contributed by atoms with Gasteiger partial charge in [-0.15, -0.1) is 0 Å². The number of rotatable bonds is 0. The van der Waals surface area contributed by atoms with Crippen molar-refractivity contribution in [3.63, 3.8) is 0 Å². The van der Waals surface area contributed by atoms with E-state index in [1.807, 2.05) is 0 Å². The summed E-state index contributed by atoms with van der Waals surface area (Å²) in [5.74, 6) is -2.97. The second-order valence-electron chi connectivity index (χ2n) is 7.69.